The van der Waals surface area contributed by atoms with Crippen LogP contribution >= 0.6 is 0 Å². The van der Waals surface area contributed by atoms with Crippen LogP contribution in [0.5, 0.6) is 5.75 Å². The molecule has 162 valence electrons. The lowest BCUT2D eigenvalue weighted by Gasteiger charge is -2.22. The topological polar surface area (TPSA) is 79.6 Å². The van der Waals surface area contributed by atoms with Gasteiger partial charge in [0.2, 0.25) is 0 Å². The van der Waals surface area contributed by atoms with Gasteiger partial charge in [-0.25, -0.2) is 0 Å². The normalized spacial score (nSPS) is 19.1. The number of hydrogen-bond donors (Lipinski definition) is 2. The molecule has 10 heteroatoms. The number of nitrogens with zero attached hydrogens (tertiary/aromatic N) is 5. The van der Waals surface area contributed by atoms with E-state index in [1.807, 2.05) is 12.1 Å². The van der Waals surface area contributed by atoms with E-state index in [1.54, 1.807) is 19.2 Å². The molecule has 2 aliphatic rings. The zero-order valence-corrected chi connectivity index (χ0v) is 17.0. The molecule has 3 heterocycles. The Morgan fingerprint density at radius 1 is 1.27 bits per heavy atom. The lowest BCUT2D eigenvalue weighted by molar-refractivity contribution is -0.0495. The molecule has 1 saturated heterocycles. The van der Waals surface area contributed by atoms with E-state index >= 15 is 0 Å². The molecule has 2 aliphatic heterocycles. The molecule has 30 heavy (non-hydrogen) atoms. The number of ether oxygens (including phenoxy) is 1. The quantitative estimate of drug-likeness (QED) is 0.552. The molecule has 0 bridgehead atoms. The number of nitrogens with one attached hydrogen (secondary N) is 2. The number of rotatable bonds is 6. The third-order valence-electron chi connectivity index (χ3n) is 5.52. The number of hydrogen-bond acceptors (Lipinski definition) is 5. The van der Waals surface area contributed by atoms with Gasteiger partial charge in [0, 0.05) is 39.1 Å². The second-order valence-corrected chi connectivity index (χ2v) is 7.49. The number of alkyl halides is 2. The van der Waals surface area contributed by atoms with Crippen LogP contribution in [-0.4, -0.2) is 53.5 Å². The average molecular weight is 419 g/mol. The van der Waals surface area contributed by atoms with E-state index in [1.165, 1.54) is 6.42 Å². The minimum atomic E-state index is -2.84. The second-order valence-electron chi connectivity index (χ2n) is 7.49. The lowest BCUT2D eigenvalue weighted by atomic mass is 10.2. The van der Waals surface area contributed by atoms with Crippen LogP contribution in [0.25, 0.3) is 0 Å². The number of fused-ring (bicyclic) bond motifs is 1. The predicted molar refractivity (Wildman–Crippen MR) is 110 cm³/mol. The summed E-state index contributed by atoms with van der Waals surface area (Å²) in [7, 11) is 1.73. The van der Waals surface area contributed by atoms with Crippen LogP contribution < -0.4 is 20.3 Å². The number of anilines is 1. The summed E-state index contributed by atoms with van der Waals surface area (Å²) in [6, 6.07) is 7.04. The molecule has 1 unspecified atom stereocenters. The van der Waals surface area contributed by atoms with Gasteiger partial charge in [-0.15, -0.1) is 10.2 Å². The molecule has 0 amide bonds. The Bertz CT molecular complexity index is 886. The van der Waals surface area contributed by atoms with Crippen molar-refractivity contribution in [2.24, 2.45) is 4.99 Å². The molecular weight excluding hydrogens is 392 g/mol. The minimum absolute atomic E-state index is 0.142. The fourth-order valence-electron chi connectivity index (χ4n) is 4.06. The van der Waals surface area contributed by atoms with E-state index in [0.29, 0.717) is 24.7 Å². The smallest absolute Gasteiger partial charge is 0.387 e. The number of aliphatic imine (C=N–C) groups is 1. The van der Waals surface area contributed by atoms with E-state index in [4.69, 9.17) is 0 Å². The molecule has 2 aromatic rings. The summed E-state index contributed by atoms with van der Waals surface area (Å²) in [5.74, 6) is 2.86. The maximum Gasteiger partial charge on any atom is 0.387 e. The third-order valence-corrected chi connectivity index (χ3v) is 5.52. The Morgan fingerprint density at radius 2 is 2.13 bits per heavy atom. The highest BCUT2D eigenvalue weighted by Gasteiger charge is 2.26. The van der Waals surface area contributed by atoms with Gasteiger partial charge < -0.3 is 24.8 Å². The van der Waals surface area contributed by atoms with Crippen molar-refractivity contribution in [3.8, 4) is 5.75 Å². The van der Waals surface area contributed by atoms with Gasteiger partial charge in [-0.2, -0.15) is 8.78 Å². The largest absolute Gasteiger partial charge is 0.433 e. The monoisotopic (exact) mass is 419 g/mol. The molecule has 1 fully saturated rings. The highest BCUT2D eigenvalue weighted by atomic mass is 19.3. The van der Waals surface area contributed by atoms with Crippen molar-refractivity contribution < 1.29 is 13.5 Å². The van der Waals surface area contributed by atoms with Gasteiger partial charge in [0.1, 0.15) is 11.6 Å². The van der Waals surface area contributed by atoms with E-state index in [9.17, 15) is 8.78 Å². The Morgan fingerprint density at radius 3 is 2.97 bits per heavy atom. The van der Waals surface area contributed by atoms with Gasteiger partial charge in [-0.3, -0.25) is 4.99 Å². The first-order valence-electron chi connectivity index (χ1n) is 10.3. The molecule has 0 spiro atoms. The molecule has 1 aromatic heterocycles. The summed E-state index contributed by atoms with van der Waals surface area (Å²) < 4.78 is 32.3. The molecule has 4 rings (SSSR count). The molecule has 0 aliphatic carbocycles. The van der Waals surface area contributed by atoms with Crippen molar-refractivity contribution in [2.45, 2.75) is 51.4 Å². The number of guanidine groups is 1. The molecule has 8 nitrogen and oxygen atoms in total. The summed E-state index contributed by atoms with van der Waals surface area (Å²) in [6.45, 7) is 0.0891. The number of para-hydroxylation sites is 2. The minimum Gasteiger partial charge on any atom is -0.433 e. The number of aromatic nitrogens is 3. The summed E-state index contributed by atoms with van der Waals surface area (Å²) in [6.07, 6.45) is 4.16. The van der Waals surface area contributed by atoms with E-state index in [2.05, 4.69) is 40.0 Å². The zero-order valence-electron chi connectivity index (χ0n) is 17.0. The van der Waals surface area contributed by atoms with Gasteiger partial charge in [-0.1, -0.05) is 12.1 Å². The summed E-state index contributed by atoms with van der Waals surface area (Å²) >= 11 is 0. The van der Waals surface area contributed by atoms with Crippen molar-refractivity contribution in [2.75, 3.05) is 25.0 Å². The van der Waals surface area contributed by atoms with Crippen LogP contribution in [0.4, 0.5) is 14.5 Å². The van der Waals surface area contributed by atoms with Crippen LogP contribution in [0.2, 0.25) is 0 Å². The summed E-state index contributed by atoms with van der Waals surface area (Å²) in [4.78, 5) is 6.37. The van der Waals surface area contributed by atoms with Crippen molar-refractivity contribution in [3.05, 3.63) is 35.9 Å². The second kappa shape index (κ2) is 9.27. The van der Waals surface area contributed by atoms with Gasteiger partial charge in [0.05, 0.1) is 12.2 Å². The van der Waals surface area contributed by atoms with Gasteiger partial charge in [0.25, 0.3) is 0 Å². The van der Waals surface area contributed by atoms with E-state index < -0.39 is 6.61 Å². The first-order valence-corrected chi connectivity index (χ1v) is 10.3. The van der Waals surface area contributed by atoms with Crippen LogP contribution in [0.3, 0.4) is 0 Å². The molecule has 1 atom stereocenters. The van der Waals surface area contributed by atoms with Gasteiger partial charge in [0.15, 0.2) is 11.8 Å². The number of benzene rings is 1. The highest BCUT2D eigenvalue weighted by molar-refractivity contribution is 5.80. The SMILES string of the molecule is CN=C(NCc1nnc2n1CCCC2)NC1CCN(c2ccccc2OC(F)F)C1. The highest BCUT2D eigenvalue weighted by Crippen LogP contribution is 2.31. The van der Waals surface area contributed by atoms with E-state index in [0.717, 1.165) is 44.0 Å². The predicted octanol–water partition coefficient (Wildman–Crippen LogP) is 2.16. The maximum atomic E-state index is 12.7. The van der Waals surface area contributed by atoms with Crippen LogP contribution in [0.15, 0.2) is 29.3 Å². The molecular formula is C20H27F2N7O. The molecule has 1 aromatic carbocycles. The van der Waals surface area contributed by atoms with Crippen LogP contribution in [0.1, 0.15) is 30.9 Å². The van der Waals surface area contributed by atoms with Crippen molar-refractivity contribution in [3.63, 3.8) is 0 Å². The standard InChI is InChI=1S/C20H27F2N7O/c1-23-20(24-12-18-27-26-17-8-4-5-10-29(17)18)25-14-9-11-28(13-14)15-6-2-3-7-16(15)30-19(21)22/h2-3,6-7,14,19H,4-5,8-13H2,1H3,(H2,23,24,25). The first-order chi connectivity index (χ1) is 14.6. The molecule has 2 N–H and O–H groups in total. The summed E-state index contributed by atoms with van der Waals surface area (Å²) in [5, 5.41) is 15.3. The Balaban J connectivity index is 1.33. The first kappa shape index (κ1) is 20.4. The number of halogens is 2. The molecule has 0 radical (unpaired) electrons. The third kappa shape index (κ3) is 4.63. The lowest BCUT2D eigenvalue weighted by Crippen LogP contribution is -2.44. The average Bonchev–Trinajstić information content (AvgIpc) is 3.38. The van der Waals surface area contributed by atoms with Gasteiger partial charge in [-0.05, 0) is 31.4 Å². The number of aryl methyl sites for hydroxylation is 1. The fraction of sp³-hybridized carbons (Fsp3) is 0.550. The maximum absolute atomic E-state index is 12.7. The molecule has 0 saturated carbocycles. The zero-order chi connectivity index (χ0) is 20.9. The van der Waals surface area contributed by atoms with Crippen LogP contribution in [-0.2, 0) is 19.5 Å². The van der Waals surface area contributed by atoms with Crippen molar-refractivity contribution >= 4 is 11.6 Å². The Labute approximate surface area is 174 Å². The van der Waals surface area contributed by atoms with Gasteiger partial charge >= 0.3 is 6.61 Å². The van der Waals surface area contributed by atoms with E-state index in [-0.39, 0.29) is 11.8 Å². The summed E-state index contributed by atoms with van der Waals surface area (Å²) in [5.41, 5.74) is 0.681. The van der Waals surface area contributed by atoms with Crippen molar-refractivity contribution in [1.29, 1.82) is 0 Å². The van der Waals surface area contributed by atoms with Crippen LogP contribution in [0, 0.1) is 0 Å². The fourth-order valence-corrected chi connectivity index (χ4v) is 4.06. The Kier molecular flexibility index (Phi) is 6.29. The van der Waals surface area contributed by atoms with Crippen molar-refractivity contribution in [1.82, 2.24) is 25.4 Å². The Hall–Kier alpha value is -2.91.